The fourth-order valence-electron chi connectivity index (χ4n) is 3.57. The molecule has 1 saturated heterocycles. The Morgan fingerprint density at radius 1 is 1.29 bits per heavy atom. The van der Waals surface area contributed by atoms with E-state index in [9.17, 15) is 24.8 Å². The number of carbonyl (C=O) groups is 2. The highest BCUT2D eigenvalue weighted by Gasteiger charge is 2.48. The molecule has 0 radical (unpaired) electrons. The van der Waals surface area contributed by atoms with E-state index < -0.39 is 40.7 Å². The van der Waals surface area contributed by atoms with E-state index in [1.165, 1.54) is 29.2 Å². The summed E-state index contributed by atoms with van der Waals surface area (Å²) >= 11 is 0. The number of esters is 1. The number of carboxylic acid groups (broad SMARTS) is 1. The molecule has 1 N–H and O–H groups in total. The molecule has 1 fully saturated rings. The van der Waals surface area contributed by atoms with Crippen LogP contribution in [0.1, 0.15) is 44.5 Å². The summed E-state index contributed by atoms with van der Waals surface area (Å²) in [6.07, 6.45) is -1.97. The van der Waals surface area contributed by atoms with Crippen LogP contribution in [-0.2, 0) is 9.47 Å². The molecule has 0 aromatic heterocycles. The minimum absolute atomic E-state index is 0.119. The van der Waals surface area contributed by atoms with E-state index in [1.54, 1.807) is 6.92 Å². The van der Waals surface area contributed by atoms with E-state index in [2.05, 4.69) is 0 Å². The summed E-state index contributed by atoms with van der Waals surface area (Å²) in [6.45, 7) is 8.12. The van der Waals surface area contributed by atoms with Gasteiger partial charge < -0.3 is 19.5 Å². The largest absolute Gasteiger partial charge is 0.465 e. The molecule has 0 aliphatic carbocycles. The number of hydrogen-bond donors (Lipinski definition) is 1. The molecule has 1 amide bonds. The number of benzene rings is 1. The molecule has 154 valence electrons. The smallest absolute Gasteiger partial charge is 0.407 e. The molecule has 1 aliphatic rings. The fourth-order valence-corrected chi connectivity index (χ4v) is 3.57. The van der Waals surface area contributed by atoms with Crippen molar-refractivity contribution in [2.24, 2.45) is 5.41 Å². The standard InChI is InChI=1S/C19H26N2O7/c1-5-27-15-14(10-11-20(18(23)24)16(15)19(2,3)4)28-17(22)12-6-8-13(9-7-12)21(25)26/h6-9,14-16H,5,10-11H2,1-4H3,(H,23,24). The van der Waals surface area contributed by atoms with Gasteiger partial charge in [0.1, 0.15) is 12.2 Å². The first-order valence-corrected chi connectivity index (χ1v) is 9.12. The van der Waals surface area contributed by atoms with Gasteiger partial charge in [0.25, 0.3) is 5.69 Å². The van der Waals surface area contributed by atoms with Crippen molar-refractivity contribution >= 4 is 17.7 Å². The van der Waals surface area contributed by atoms with Crippen molar-refractivity contribution < 1.29 is 29.1 Å². The second-order valence-electron chi connectivity index (χ2n) is 7.74. The molecule has 9 heteroatoms. The van der Waals surface area contributed by atoms with Gasteiger partial charge in [-0.05, 0) is 24.5 Å². The third-order valence-electron chi connectivity index (χ3n) is 4.73. The fraction of sp³-hybridized carbons (Fsp3) is 0.579. The first-order valence-electron chi connectivity index (χ1n) is 9.12. The van der Waals surface area contributed by atoms with Crippen LogP contribution in [0.25, 0.3) is 0 Å². The van der Waals surface area contributed by atoms with E-state index in [4.69, 9.17) is 9.47 Å². The lowest BCUT2D eigenvalue weighted by Crippen LogP contribution is -2.62. The lowest BCUT2D eigenvalue weighted by atomic mass is 9.78. The van der Waals surface area contributed by atoms with Crippen molar-refractivity contribution in [2.45, 2.75) is 52.4 Å². The van der Waals surface area contributed by atoms with Crippen molar-refractivity contribution in [1.82, 2.24) is 4.90 Å². The maximum absolute atomic E-state index is 12.5. The third kappa shape index (κ3) is 4.78. The lowest BCUT2D eigenvalue weighted by Gasteiger charge is -2.48. The molecule has 2 rings (SSSR count). The first kappa shape index (κ1) is 21.6. The van der Waals surface area contributed by atoms with Crippen LogP contribution < -0.4 is 0 Å². The molecule has 0 spiro atoms. The Hall–Kier alpha value is -2.68. The molecule has 28 heavy (non-hydrogen) atoms. The Balaban J connectivity index is 2.24. The van der Waals surface area contributed by atoms with E-state index in [0.29, 0.717) is 13.0 Å². The van der Waals surface area contributed by atoms with Crippen molar-refractivity contribution in [1.29, 1.82) is 0 Å². The maximum Gasteiger partial charge on any atom is 0.407 e. The van der Waals surface area contributed by atoms with Gasteiger partial charge in [-0.3, -0.25) is 10.1 Å². The summed E-state index contributed by atoms with van der Waals surface area (Å²) < 4.78 is 11.5. The normalized spacial score (nSPS) is 22.6. The number of non-ortho nitro benzene ring substituents is 1. The molecular weight excluding hydrogens is 368 g/mol. The van der Waals surface area contributed by atoms with Crippen LogP contribution >= 0.6 is 0 Å². The number of nitro benzene ring substituents is 1. The van der Waals surface area contributed by atoms with Crippen molar-refractivity contribution in [3.05, 3.63) is 39.9 Å². The molecule has 1 aliphatic heterocycles. The molecule has 1 aromatic rings. The summed E-state index contributed by atoms with van der Waals surface area (Å²) in [4.78, 5) is 35.8. The van der Waals surface area contributed by atoms with Gasteiger partial charge in [0.15, 0.2) is 0 Å². The zero-order valence-electron chi connectivity index (χ0n) is 16.5. The molecular formula is C19H26N2O7. The Kier molecular flexibility index (Phi) is 6.60. The minimum atomic E-state index is -1.04. The molecule has 1 aromatic carbocycles. The number of likely N-dealkylation sites (tertiary alicyclic amines) is 1. The second kappa shape index (κ2) is 8.55. The van der Waals surface area contributed by atoms with E-state index in [-0.39, 0.29) is 17.8 Å². The van der Waals surface area contributed by atoms with E-state index in [0.717, 1.165) is 0 Å². The molecule has 1 heterocycles. The summed E-state index contributed by atoms with van der Waals surface area (Å²) in [5.74, 6) is -0.624. The number of piperidine rings is 1. The molecule has 0 bridgehead atoms. The number of ether oxygens (including phenoxy) is 2. The lowest BCUT2D eigenvalue weighted by molar-refractivity contribution is -0.384. The molecule has 3 unspecified atom stereocenters. The number of amides is 1. The number of rotatable bonds is 5. The Labute approximate surface area is 163 Å². The third-order valence-corrected chi connectivity index (χ3v) is 4.73. The highest BCUT2D eigenvalue weighted by atomic mass is 16.6. The van der Waals surface area contributed by atoms with Crippen LogP contribution in [0.4, 0.5) is 10.5 Å². The zero-order chi connectivity index (χ0) is 21.1. The minimum Gasteiger partial charge on any atom is -0.465 e. The zero-order valence-corrected chi connectivity index (χ0v) is 16.5. The van der Waals surface area contributed by atoms with Crippen molar-refractivity contribution in [2.75, 3.05) is 13.2 Å². The van der Waals surface area contributed by atoms with Gasteiger partial charge in [0.05, 0.1) is 16.5 Å². The maximum atomic E-state index is 12.5. The van der Waals surface area contributed by atoms with Gasteiger partial charge in [0, 0.05) is 31.7 Å². The number of nitro groups is 1. The summed E-state index contributed by atoms with van der Waals surface area (Å²) in [5, 5.41) is 20.3. The molecule has 3 atom stereocenters. The van der Waals surface area contributed by atoms with Crippen LogP contribution in [0.5, 0.6) is 0 Å². The quantitative estimate of drug-likeness (QED) is 0.462. The van der Waals surface area contributed by atoms with Crippen LogP contribution in [0.15, 0.2) is 24.3 Å². The summed E-state index contributed by atoms with van der Waals surface area (Å²) in [6, 6.07) is 4.66. The summed E-state index contributed by atoms with van der Waals surface area (Å²) in [5.41, 5.74) is -0.364. The van der Waals surface area contributed by atoms with Gasteiger partial charge in [-0.25, -0.2) is 9.59 Å². The van der Waals surface area contributed by atoms with Crippen LogP contribution in [0.2, 0.25) is 0 Å². The van der Waals surface area contributed by atoms with Gasteiger partial charge in [0.2, 0.25) is 0 Å². The topological polar surface area (TPSA) is 119 Å². The SMILES string of the molecule is CCOC1C(OC(=O)c2ccc([N+](=O)[O-])cc2)CCN(C(=O)O)C1C(C)(C)C. The van der Waals surface area contributed by atoms with Gasteiger partial charge in [-0.15, -0.1) is 0 Å². The Bertz CT molecular complexity index is 727. The summed E-state index contributed by atoms with van der Waals surface area (Å²) in [7, 11) is 0. The van der Waals surface area contributed by atoms with E-state index >= 15 is 0 Å². The molecule has 0 saturated carbocycles. The number of nitrogens with zero attached hydrogens (tertiary/aromatic N) is 2. The highest BCUT2D eigenvalue weighted by molar-refractivity contribution is 5.89. The number of carbonyl (C=O) groups excluding carboxylic acids is 1. The Morgan fingerprint density at radius 3 is 2.36 bits per heavy atom. The Morgan fingerprint density at radius 2 is 1.89 bits per heavy atom. The second-order valence-corrected chi connectivity index (χ2v) is 7.74. The highest BCUT2D eigenvalue weighted by Crippen LogP contribution is 2.35. The van der Waals surface area contributed by atoms with E-state index in [1.807, 2.05) is 20.8 Å². The van der Waals surface area contributed by atoms with Crippen molar-refractivity contribution in [3.63, 3.8) is 0 Å². The van der Waals surface area contributed by atoms with Crippen molar-refractivity contribution in [3.8, 4) is 0 Å². The predicted octanol–water partition coefficient (Wildman–Crippen LogP) is 3.32. The van der Waals surface area contributed by atoms with Crippen LogP contribution in [0, 0.1) is 15.5 Å². The number of hydrogen-bond acceptors (Lipinski definition) is 6. The van der Waals surface area contributed by atoms with Gasteiger partial charge in [-0.1, -0.05) is 20.8 Å². The average molecular weight is 394 g/mol. The monoisotopic (exact) mass is 394 g/mol. The van der Waals surface area contributed by atoms with Gasteiger partial charge >= 0.3 is 12.1 Å². The predicted molar refractivity (Wildman–Crippen MR) is 100 cm³/mol. The average Bonchev–Trinajstić information content (AvgIpc) is 2.61. The van der Waals surface area contributed by atoms with Gasteiger partial charge in [-0.2, -0.15) is 0 Å². The van der Waals surface area contributed by atoms with Crippen LogP contribution in [-0.4, -0.2) is 58.4 Å². The molecule has 9 nitrogen and oxygen atoms in total. The first-order chi connectivity index (χ1) is 13.1. The van der Waals surface area contributed by atoms with Crippen LogP contribution in [0.3, 0.4) is 0 Å².